The highest BCUT2D eigenvalue weighted by Crippen LogP contribution is 2.35. The average Bonchev–Trinajstić information content (AvgIpc) is 3.22. The lowest BCUT2D eigenvalue weighted by atomic mass is 10.1. The van der Waals surface area contributed by atoms with Crippen LogP contribution in [-0.4, -0.2) is 27.5 Å². The van der Waals surface area contributed by atoms with E-state index in [2.05, 4.69) is 28.1 Å². The molecule has 0 radical (unpaired) electrons. The molecule has 0 amide bonds. The quantitative estimate of drug-likeness (QED) is 0.300. The number of benzene rings is 3. The summed E-state index contributed by atoms with van der Waals surface area (Å²) in [5, 5.41) is 14.5. The third-order valence-corrected chi connectivity index (χ3v) is 5.69. The zero-order chi connectivity index (χ0) is 22.5. The molecule has 5 nitrogen and oxygen atoms in total. The Balaban J connectivity index is 1.74. The van der Waals surface area contributed by atoms with Crippen molar-refractivity contribution in [3.8, 4) is 28.3 Å². The van der Waals surface area contributed by atoms with E-state index in [0.29, 0.717) is 28.6 Å². The van der Waals surface area contributed by atoms with E-state index in [1.807, 2.05) is 65.3 Å². The number of nitrogens with zero attached hydrogens (tertiary/aromatic N) is 2. The molecule has 4 aromatic rings. The van der Waals surface area contributed by atoms with Crippen LogP contribution in [0.2, 0.25) is 5.02 Å². The highest BCUT2D eigenvalue weighted by atomic mass is 79.9. The van der Waals surface area contributed by atoms with Gasteiger partial charge in [-0.1, -0.05) is 70.0 Å². The van der Waals surface area contributed by atoms with E-state index in [1.54, 1.807) is 6.07 Å². The van der Waals surface area contributed by atoms with Crippen molar-refractivity contribution in [3.05, 3.63) is 93.9 Å². The molecule has 0 fully saturated rings. The van der Waals surface area contributed by atoms with Crippen LogP contribution in [0, 0.1) is 0 Å². The summed E-state index contributed by atoms with van der Waals surface area (Å²) in [5.74, 6) is -0.569. The molecule has 0 spiro atoms. The maximum absolute atomic E-state index is 11.0. The van der Waals surface area contributed by atoms with E-state index in [9.17, 15) is 4.79 Å². The lowest BCUT2D eigenvalue weighted by molar-refractivity contribution is -0.139. The predicted molar refractivity (Wildman–Crippen MR) is 129 cm³/mol. The van der Waals surface area contributed by atoms with E-state index < -0.39 is 12.6 Å². The minimum Gasteiger partial charge on any atom is -0.481 e. The van der Waals surface area contributed by atoms with Gasteiger partial charge in [0.05, 0.1) is 11.4 Å². The molecule has 0 bridgehead atoms. The van der Waals surface area contributed by atoms with Crippen molar-refractivity contribution >= 4 is 33.5 Å². The maximum atomic E-state index is 11.0. The molecule has 0 saturated carbocycles. The van der Waals surface area contributed by atoms with Gasteiger partial charge in [-0.15, -0.1) is 0 Å². The second kappa shape index (κ2) is 10.0. The highest BCUT2D eigenvalue weighted by molar-refractivity contribution is 9.10. The first-order valence-corrected chi connectivity index (χ1v) is 11.2. The van der Waals surface area contributed by atoms with Gasteiger partial charge in [0.2, 0.25) is 0 Å². The number of carboxylic acid groups (broad SMARTS) is 1. The summed E-state index contributed by atoms with van der Waals surface area (Å²) < 4.78 is 8.34. The topological polar surface area (TPSA) is 64.3 Å². The Morgan fingerprint density at radius 3 is 2.50 bits per heavy atom. The number of carbonyl (C=O) groups is 1. The number of aryl methyl sites for hydroxylation is 2. The molecule has 32 heavy (non-hydrogen) atoms. The zero-order valence-corrected chi connectivity index (χ0v) is 19.4. The van der Waals surface area contributed by atoms with E-state index in [1.165, 1.54) is 5.56 Å². The van der Waals surface area contributed by atoms with E-state index in [-0.39, 0.29) is 0 Å². The van der Waals surface area contributed by atoms with Crippen molar-refractivity contribution in [2.45, 2.75) is 13.0 Å². The molecule has 3 aromatic carbocycles. The molecule has 1 aromatic heterocycles. The third kappa shape index (κ3) is 5.39. The van der Waals surface area contributed by atoms with Gasteiger partial charge < -0.3 is 9.84 Å². The molecule has 0 atom stereocenters. The van der Waals surface area contributed by atoms with Crippen LogP contribution < -0.4 is 4.74 Å². The van der Waals surface area contributed by atoms with E-state index >= 15 is 0 Å². The second-order valence-electron chi connectivity index (χ2n) is 7.20. The van der Waals surface area contributed by atoms with Gasteiger partial charge in [0.1, 0.15) is 5.75 Å². The molecule has 162 valence electrons. The van der Waals surface area contributed by atoms with Gasteiger partial charge in [-0.2, -0.15) is 5.10 Å². The van der Waals surface area contributed by atoms with Crippen molar-refractivity contribution in [2.75, 3.05) is 6.61 Å². The fourth-order valence-corrected chi connectivity index (χ4v) is 3.91. The molecule has 0 aliphatic carbocycles. The summed E-state index contributed by atoms with van der Waals surface area (Å²) in [6.45, 7) is 0.259. The van der Waals surface area contributed by atoms with Gasteiger partial charge in [-0.25, -0.2) is 4.79 Å². The number of rotatable bonds is 8. The van der Waals surface area contributed by atoms with Crippen molar-refractivity contribution in [1.82, 2.24) is 9.78 Å². The van der Waals surface area contributed by atoms with Crippen LogP contribution in [0.25, 0.3) is 22.5 Å². The van der Waals surface area contributed by atoms with Gasteiger partial charge in [0.15, 0.2) is 6.61 Å². The highest BCUT2D eigenvalue weighted by Gasteiger charge is 2.16. The number of carboxylic acids is 1. The van der Waals surface area contributed by atoms with Gasteiger partial charge in [0.25, 0.3) is 0 Å². The lowest BCUT2D eigenvalue weighted by Crippen LogP contribution is -2.10. The molecular weight excluding hydrogens is 492 g/mol. The van der Waals surface area contributed by atoms with Gasteiger partial charge in [-0.05, 0) is 53.9 Å². The van der Waals surface area contributed by atoms with Crippen LogP contribution in [-0.2, 0) is 17.8 Å². The fourth-order valence-electron chi connectivity index (χ4n) is 3.42. The Kier molecular flexibility index (Phi) is 6.93. The minimum atomic E-state index is -1.03. The van der Waals surface area contributed by atoms with Crippen LogP contribution in [0.4, 0.5) is 0 Å². The first-order valence-electron chi connectivity index (χ1n) is 10.0. The average molecular weight is 512 g/mol. The minimum absolute atomic E-state index is 0.423. The number of ether oxygens (including phenoxy) is 1. The molecule has 0 aliphatic rings. The standard InChI is InChI=1S/C25H20BrClN2O3/c26-19-8-11-24(32-16-25(30)31)21(14-19)22-15-23(18-6-9-20(27)10-7-18)29(28-22)13-12-17-4-2-1-3-5-17/h1-11,14-15H,12-13,16H2,(H,30,31). The van der Waals surface area contributed by atoms with E-state index in [0.717, 1.165) is 22.2 Å². The number of hydrogen-bond acceptors (Lipinski definition) is 3. The predicted octanol–water partition coefficient (Wildman–Crippen LogP) is 6.34. The molecule has 1 N–H and O–H groups in total. The van der Waals surface area contributed by atoms with Crippen molar-refractivity contribution in [2.24, 2.45) is 0 Å². The van der Waals surface area contributed by atoms with Crippen LogP contribution in [0.15, 0.2) is 83.3 Å². The Morgan fingerprint density at radius 1 is 1.03 bits per heavy atom. The molecule has 1 heterocycles. The summed E-state index contributed by atoms with van der Waals surface area (Å²) in [6, 6.07) is 25.3. The van der Waals surface area contributed by atoms with Gasteiger partial charge in [-0.3, -0.25) is 4.68 Å². The van der Waals surface area contributed by atoms with Crippen LogP contribution in [0.1, 0.15) is 5.56 Å². The Bertz CT molecular complexity index is 1220. The largest absolute Gasteiger partial charge is 0.481 e. The summed E-state index contributed by atoms with van der Waals surface area (Å²) in [5.41, 5.74) is 4.57. The van der Waals surface area contributed by atoms with E-state index in [4.69, 9.17) is 26.5 Å². The van der Waals surface area contributed by atoms with Crippen molar-refractivity contribution in [1.29, 1.82) is 0 Å². The Morgan fingerprint density at radius 2 is 1.78 bits per heavy atom. The Hall–Kier alpha value is -3.09. The third-order valence-electron chi connectivity index (χ3n) is 4.94. The summed E-state index contributed by atoms with van der Waals surface area (Å²) in [7, 11) is 0. The molecular formula is C25H20BrClN2O3. The number of hydrogen-bond donors (Lipinski definition) is 1. The fraction of sp³-hybridized carbons (Fsp3) is 0.120. The lowest BCUT2D eigenvalue weighted by Gasteiger charge is -2.09. The summed E-state index contributed by atoms with van der Waals surface area (Å²) in [4.78, 5) is 11.0. The second-order valence-corrected chi connectivity index (χ2v) is 8.56. The van der Waals surface area contributed by atoms with Gasteiger partial charge >= 0.3 is 5.97 Å². The monoisotopic (exact) mass is 510 g/mol. The summed E-state index contributed by atoms with van der Waals surface area (Å²) >= 11 is 9.58. The molecule has 7 heteroatoms. The SMILES string of the molecule is O=C(O)COc1ccc(Br)cc1-c1cc(-c2ccc(Cl)cc2)n(CCc2ccccc2)n1. The first kappa shape index (κ1) is 22.1. The number of halogens is 2. The zero-order valence-electron chi connectivity index (χ0n) is 17.0. The maximum Gasteiger partial charge on any atom is 0.341 e. The molecule has 0 unspecified atom stereocenters. The molecule has 0 saturated heterocycles. The van der Waals surface area contributed by atoms with Crippen LogP contribution >= 0.6 is 27.5 Å². The number of aromatic nitrogens is 2. The number of aliphatic carboxylic acids is 1. The van der Waals surface area contributed by atoms with Crippen molar-refractivity contribution < 1.29 is 14.6 Å². The van der Waals surface area contributed by atoms with Crippen molar-refractivity contribution in [3.63, 3.8) is 0 Å². The van der Waals surface area contributed by atoms with Crippen LogP contribution in [0.3, 0.4) is 0 Å². The van der Waals surface area contributed by atoms with Gasteiger partial charge in [0, 0.05) is 21.6 Å². The Labute approximate surface area is 199 Å². The molecule has 0 aliphatic heterocycles. The normalized spacial score (nSPS) is 10.8. The summed E-state index contributed by atoms with van der Waals surface area (Å²) in [6.07, 6.45) is 0.823. The smallest absolute Gasteiger partial charge is 0.341 e. The van der Waals surface area contributed by atoms with Crippen LogP contribution in [0.5, 0.6) is 5.75 Å². The first-order chi connectivity index (χ1) is 15.5. The molecule has 4 rings (SSSR count).